The molecular weight excluding hydrogens is 243 g/mol. The standard InChI is InChI=1S/C12H16N2O3.Na.H/c1-12(8-6-4-3-5-7-8)9(15)13-11(17)14(2)10(12)16;;/h6H,3-5,7H2,1-2H3,(H,13,15,17);;/q;+1;-1. The van der Waals surface area contributed by atoms with Crippen molar-refractivity contribution in [1.82, 2.24) is 10.2 Å². The molecule has 2 rings (SSSR count). The zero-order valence-corrected chi connectivity index (χ0v) is 13.1. The molecular formula is C12H17N2NaO3. The van der Waals surface area contributed by atoms with Crippen molar-refractivity contribution in [2.45, 2.75) is 32.6 Å². The van der Waals surface area contributed by atoms with E-state index in [1.807, 2.05) is 6.08 Å². The molecule has 94 valence electrons. The minimum atomic E-state index is -1.21. The number of amides is 4. The molecule has 1 fully saturated rings. The van der Waals surface area contributed by atoms with Crippen LogP contribution in [-0.2, 0) is 9.59 Å². The third-order valence-corrected chi connectivity index (χ3v) is 3.64. The van der Waals surface area contributed by atoms with Gasteiger partial charge in [0, 0.05) is 7.05 Å². The van der Waals surface area contributed by atoms with Crippen LogP contribution in [-0.4, -0.2) is 29.8 Å². The van der Waals surface area contributed by atoms with Gasteiger partial charge in [0.25, 0.3) is 0 Å². The molecule has 0 spiro atoms. The van der Waals surface area contributed by atoms with Crippen molar-refractivity contribution in [3.05, 3.63) is 11.6 Å². The average molecular weight is 260 g/mol. The SMILES string of the molecule is CN1C(=O)NC(=O)C(C)(C2=CCCCC2)C1=O.[H-].[Na+]. The summed E-state index contributed by atoms with van der Waals surface area (Å²) in [5.41, 5.74) is -0.367. The van der Waals surface area contributed by atoms with Crippen LogP contribution in [0.4, 0.5) is 4.79 Å². The molecule has 4 amide bonds. The molecule has 0 radical (unpaired) electrons. The number of barbiturate groups is 1. The summed E-state index contributed by atoms with van der Waals surface area (Å²) >= 11 is 0. The average Bonchev–Trinajstić information content (AvgIpc) is 2.35. The summed E-state index contributed by atoms with van der Waals surface area (Å²) in [6.07, 6.45) is 5.68. The van der Waals surface area contributed by atoms with Crippen molar-refractivity contribution in [3.63, 3.8) is 0 Å². The van der Waals surface area contributed by atoms with E-state index >= 15 is 0 Å². The monoisotopic (exact) mass is 260 g/mol. The zero-order valence-electron chi connectivity index (χ0n) is 12.1. The van der Waals surface area contributed by atoms with E-state index in [2.05, 4.69) is 5.32 Å². The maximum absolute atomic E-state index is 12.2. The number of rotatable bonds is 1. The molecule has 1 saturated heterocycles. The second-order valence-corrected chi connectivity index (χ2v) is 4.72. The normalized spacial score (nSPS) is 28.4. The van der Waals surface area contributed by atoms with Crippen molar-refractivity contribution in [2.24, 2.45) is 5.41 Å². The van der Waals surface area contributed by atoms with Gasteiger partial charge in [0.2, 0.25) is 11.8 Å². The van der Waals surface area contributed by atoms with Crippen LogP contribution < -0.4 is 34.9 Å². The molecule has 1 heterocycles. The van der Waals surface area contributed by atoms with Crippen LogP contribution >= 0.6 is 0 Å². The quantitative estimate of drug-likeness (QED) is 0.348. The van der Waals surface area contributed by atoms with Gasteiger partial charge >= 0.3 is 35.6 Å². The predicted octanol–water partition coefficient (Wildman–Crippen LogP) is -1.68. The van der Waals surface area contributed by atoms with E-state index in [1.54, 1.807) is 6.92 Å². The topological polar surface area (TPSA) is 66.5 Å². The van der Waals surface area contributed by atoms with Crippen LogP contribution in [0.2, 0.25) is 0 Å². The maximum atomic E-state index is 12.2. The van der Waals surface area contributed by atoms with Crippen LogP contribution in [0, 0.1) is 5.41 Å². The molecule has 1 atom stereocenters. The maximum Gasteiger partial charge on any atom is 1.00 e. The summed E-state index contributed by atoms with van der Waals surface area (Å²) in [4.78, 5) is 36.5. The summed E-state index contributed by atoms with van der Waals surface area (Å²) in [5.74, 6) is -0.932. The Bertz CT molecular complexity index is 439. The van der Waals surface area contributed by atoms with Gasteiger partial charge in [0.15, 0.2) is 0 Å². The molecule has 1 unspecified atom stereocenters. The van der Waals surface area contributed by atoms with Gasteiger partial charge < -0.3 is 1.43 Å². The Morgan fingerprint density at radius 3 is 2.56 bits per heavy atom. The number of hydrogen-bond donors (Lipinski definition) is 1. The first-order valence-electron chi connectivity index (χ1n) is 5.81. The first-order chi connectivity index (χ1) is 7.98. The summed E-state index contributed by atoms with van der Waals surface area (Å²) in [5, 5.41) is 2.23. The van der Waals surface area contributed by atoms with Gasteiger partial charge in [-0.3, -0.25) is 19.8 Å². The van der Waals surface area contributed by atoms with E-state index in [0.29, 0.717) is 0 Å². The Morgan fingerprint density at radius 1 is 1.33 bits per heavy atom. The Labute approximate surface area is 130 Å². The number of imide groups is 2. The molecule has 0 bridgehead atoms. The van der Waals surface area contributed by atoms with Gasteiger partial charge in [-0.1, -0.05) is 6.08 Å². The van der Waals surface area contributed by atoms with Gasteiger partial charge in [-0.05, 0) is 38.2 Å². The summed E-state index contributed by atoms with van der Waals surface area (Å²) in [6.45, 7) is 1.60. The molecule has 0 aromatic rings. The first-order valence-corrected chi connectivity index (χ1v) is 5.81. The molecule has 1 N–H and O–H groups in total. The fourth-order valence-corrected chi connectivity index (χ4v) is 2.41. The van der Waals surface area contributed by atoms with Crippen LogP contribution in [0.3, 0.4) is 0 Å². The summed E-state index contributed by atoms with van der Waals surface area (Å²) in [6, 6.07) is -0.645. The fourth-order valence-electron chi connectivity index (χ4n) is 2.41. The van der Waals surface area contributed by atoms with Crippen molar-refractivity contribution < 1.29 is 45.4 Å². The second kappa shape index (κ2) is 5.55. The minimum absolute atomic E-state index is 0. The molecule has 0 saturated carbocycles. The van der Waals surface area contributed by atoms with Crippen LogP contribution in [0.15, 0.2) is 11.6 Å². The Balaban J connectivity index is 0.00000162. The van der Waals surface area contributed by atoms with Crippen LogP contribution in [0.25, 0.3) is 0 Å². The zero-order chi connectivity index (χ0) is 12.6. The number of nitrogens with one attached hydrogen (secondary N) is 1. The van der Waals surface area contributed by atoms with E-state index in [9.17, 15) is 14.4 Å². The minimum Gasteiger partial charge on any atom is -1.00 e. The van der Waals surface area contributed by atoms with E-state index in [0.717, 1.165) is 36.2 Å². The van der Waals surface area contributed by atoms with E-state index in [-0.39, 0.29) is 31.0 Å². The van der Waals surface area contributed by atoms with Gasteiger partial charge in [-0.25, -0.2) is 4.79 Å². The van der Waals surface area contributed by atoms with Gasteiger partial charge in [-0.2, -0.15) is 0 Å². The van der Waals surface area contributed by atoms with Gasteiger partial charge in [-0.15, -0.1) is 0 Å². The summed E-state index contributed by atoms with van der Waals surface area (Å²) < 4.78 is 0. The smallest absolute Gasteiger partial charge is 1.00 e. The number of carbonyl (C=O) groups is 3. The van der Waals surface area contributed by atoms with Crippen molar-refractivity contribution in [3.8, 4) is 0 Å². The molecule has 18 heavy (non-hydrogen) atoms. The molecule has 2 aliphatic rings. The van der Waals surface area contributed by atoms with E-state index < -0.39 is 23.3 Å². The number of urea groups is 1. The Kier molecular flexibility index (Phi) is 4.75. The third-order valence-electron chi connectivity index (χ3n) is 3.64. The predicted molar refractivity (Wildman–Crippen MR) is 62.1 cm³/mol. The fraction of sp³-hybridized carbons (Fsp3) is 0.583. The van der Waals surface area contributed by atoms with Crippen LogP contribution in [0.1, 0.15) is 34.0 Å². The van der Waals surface area contributed by atoms with Crippen LogP contribution in [0.5, 0.6) is 0 Å². The molecule has 5 nitrogen and oxygen atoms in total. The number of carbonyl (C=O) groups excluding carboxylic acids is 3. The number of allylic oxidation sites excluding steroid dienone is 1. The number of nitrogens with zero attached hydrogens (tertiary/aromatic N) is 1. The van der Waals surface area contributed by atoms with E-state index in [1.165, 1.54) is 7.05 Å². The summed E-state index contributed by atoms with van der Waals surface area (Å²) in [7, 11) is 1.39. The molecule has 1 aliphatic carbocycles. The Morgan fingerprint density at radius 2 is 2.00 bits per heavy atom. The first kappa shape index (κ1) is 15.4. The van der Waals surface area contributed by atoms with E-state index in [4.69, 9.17) is 0 Å². The van der Waals surface area contributed by atoms with Gasteiger partial charge in [0.1, 0.15) is 5.41 Å². The molecule has 1 aliphatic heterocycles. The third kappa shape index (κ3) is 2.27. The van der Waals surface area contributed by atoms with Crippen molar-refractivity contribution in [1.29, 1.82) is 0 Å². The van der Waals surface area contributed by atoms with Crippen molar-refractivity contribution >= 4 is 17.8 Å². The largest absolute Gasteiger partial charge is 1.00 e. The second-order valence-electron chi connectivity index (χ2n) is 4.72. The van der Waals surface area contributed by atoms with Gasteiger partial charge in [0.05, 0.1) is 0 Å². The molecule has 6 heteroatoms. The molecule has 0 aromatic carbocycles. The Hall–Kier alpha value is -0.650. The molecule has 0 aromatic heterocycles. The van der Waals surface area contributed by atoms with Crippen molar-refractivity contribution in [2.75, 3.05) is 7.05 Å². The number of hydrogen-bond acceptors (Lipinski definition) is 3.